The molecule has 1 unspecified atom stereocenters. The lowest BCUT2D eigenvalue weighted by atomic mass is 9.97. The molecule has 2 heterocycles. The van der Waals surface area contributed by atoms with Gasteiger partial charge in [0.2, 0.25) is 5.91 Å². The monoisotopic (exact) mass is 376 g/mol. The van der Waals surface area contributed by atoms with Crippen LogP contribution in [0.25, 0.3) is 0 Å². The van der Waals surface area contributed by atoms with E-state index in [1.54, 1.807) is 6.20 Å². The zero-order chi connectivity index (χ0) is 15.5. The zero-order valence-electron chi connectivity index (χ0n) is 12.3. The highest BCUT2D eigenvalue weighted by molar-refractivity contribution is 9.10. The van der Waals surface area contributed by atoms with Crippen LogP contribution < -0.4 is 4.90 Å². The molecule has 5 heteroatoms. The molecule has 3 rings (SSSR count). The van der Waals surface area contributed by atoms with Crippen LogP contribution in [-0.2, 0) is 11.2 Å². The summed E-state index contributed by atoms with van der Waals surface area (Å²) in [6, 6.07) is 12.3. The third-order valence-corrected chi connectivity index (χ3v) is 5.23. The highest BCUT2D eigenvalue weighted by Gasteiger charge is 2.27. The Morgan fingerprint density at radius 1 is 1.36 bits per heavy atom. The fourth-order valence-electron chi connectivity index (χ4n) is 2.72. The standard InChI is InChI=1S/C17H17BrN2OS/c1-12-6-7-13-4-2-3-5-15(13)20(12)17(21)11-22-16-9-8-14(18)10-19-16/h2-5,8-10,12H,6-7,11H2,1H3. The van der Waals surface area contributed by atoms with E-state index in [1.165, 1.54) is 17.3 Å². The predicted molar refractivity (Wildman–Crippen MR) is 94.4 cm³/mol. The number of hydrogen-bond donors (Lipinski definition) is 0. The van der Waals surface area contributed by atoms with Crippen LogP contribution in [0.5, 0.6) is 0 Å². The quantitative estimate of drug-likeness (QED) is 0.748. The molecule has 0 fully saturated rings. The van der Waals surface area contributed by atoms with Crippen LogP contribution in [0.3, 0.4) is 0 Å². The van der Waals surface area contributed by atoms with Crippen LogP contribution in [0.15, 0.2) is 52.1 Å². The van der Waals surface area contributed by atoms with Crippen molar-refractivity contribution in [3.8, 4) is 0 Å². The van der Waals surface area contributed by atoms with Crippen molar-refractivity contribution in [2.24, 2.45) is 0 Å². The molecule has 0 saturated carbocycles. The molecule has 0 N–H and O–H groups in total. The minimum atomic E-state index is 0.148. The number of hydrogen-bond acceptors (Lipinski definition) is 3. The van der Waals surface area contributed by atoms with Gasteiger partial charge in [-0.15, -0.1) is 0 Å². The van der Waals surface area contributed by atoms with Gasteiger partial charge in [0, 0.05) is 22.4 Å². The Hall–Kier alpha value is -1.33. The fraction of sp³-hybridized carbons (Fsp3) is 0.294. The van der Waals surface area contributed by atoms with Gasteiger partial charge in [0.1, 0.15) is 0 Å². The average molecular weight is 377 g/mol. The number of amides is 1. The van der Waals surface area contributed by atoms with Crippen LogP contribution >= 0.6 is 27.7 Å². The van der Waals surface area contributed by atoms with Gasteiger partial charge in [0.25, 0.3) is 0 Å². The smallest absolute Gasteiger partial charge is 0.237 e. The van der Waals surface area contributed by atoms with Gasteiger partial charge in [-0.25, -0.2) is 4.98 Å². The van der Waals surface area contributed by atoms with Crippen molar-refractivity contribution in [2.75, 3.05) is 10.7 Å². The number of para-hydroxylation sites is 1. The number of thioether (sulfide) groups is 1. The van der Waals surface area contributed by atoms with Crippen molar-refractivity contribution in [3.63, 3.8) is 0 Å². The maximum atomic E-state index is 12.7. The van der Waals surface area contributed by atoms with Crippen molar-refractivity contribution >= 4 is 39.3 Å². The lowest BCUT2D eigenvalue weighted by molar-refractivity contribution is -0.116. The van der Waals surface area contributed by atoms with E-state index in [4.69, 9.17) is 0 Å². The Morgan fingerprint density at radius 3 is 2.95 bits per heavy atom. The molecule has 1 aliphatic heterocycles. The third-order valence-electron chi connectivity index (χ3n) is 3.84. The molecular weight excluding hydrogens is 360 g/mol. The molecule has 1 amide bonds. The fourth-order valence-corrected chi connectivity index (χ4v) is 3.66. The van der Waals surface area contributed by atoms with E-state index in [0.717, 1.165) is 28.0 Å². The lowest BCUT2D eigenvalue weighted by Crippen LogP contribution is -2.43. The van der Waals surface area contributed by atoms with Crippen LogP contribution in [0.2, 0.25) is 0 Å². The SMILES string of the molecule is CC1CCc2ccccc2N1C(=O)CSc1ccc(Br)cn1. The summed E-state index contributed by atoms with van der Waals surface area (Å²) in [5.74, 6) is 0.558. The number of carbonyl (C=O) groups is 1. The van der Waals surface area contributed by atoms with Gasteiger partial charge in [-0.3, -0.25) is 4.79 Å². The molecule has 0 saturated heterocycles. The minimum absolute atomic E-state index is 0.148. The molecule has 0 bridgehead atoms. The molecule has 0 aliphatic carbocycles. The van der Waals surface area contributed by atoms with Gasteiger partial charge in [-0.1, -0.05) is 30.0 Å². The number of fused-ring (bicyclic) bond motifs is 1. The average Bonchev–Trinajstić information content (AvgIpc) is 2.54. The minimum Gasteiger partial charge on any atom is -0.309 e. The Balaban J connectivity index is 1.73. The number of aromatic nitrogens is 1. The first-order chi connectivity index (χ1) is 10.6. The van der Waals surface area contributed by atoms with E-state index in [2.05, 4.69) is 33.9 Å². The van der Waals surface area contributed by atoms with Gasteiger partial charge in [0.05, 0.1) is 10.8 Å². The number of anilines is 1. The third kappa shape index (κ3) is 3.36. The van der Waals surface area contributed by atoms with E-state index in [0.29, 0.717) is 5.75 Å². The van der Waals surface area contributed by atoms with Crippen molar-refractivity contribution in [3.05, 3.63) is 52.6 Å². The largest absolute Gasteiger partial charge is 0.309 e. The summed E-state index contributed by atoms with van der Waals surface area (Å²) in [4.78, 5) is 18.9. The molecule has 0 spiro atoms. The molecule has 22 heavy (non-hydrogen) atoms. The van der Waals surface area contributed by atoms with Crippen molar-refractivity contribution < 1.29 is 4.79 Å². The van der Waals surface area contributed by atoms with Gasteiger partial charge < -0.3 is 4.90 Å². The Kier molecular flexibility index (Phi) is 4.84. The summed E-state index contributed by atoms with van der Waals surface area (Å²) in [7, 11) is 0. The molecule has 3 nitrogen and oxygen atoms in total. The second-order valence-electron chi connectivity index (χ2n) is 5.38. The van der Waals surface area contributed by atoms with Gasteiger partial charge >= 0.3 is 0 Å². The number of pyridine rings is 1. The Bertz CT molecular complexity index is 675. The Morgan fingerprint density at radius 2 is 2.18 bits per heavy atom. The van der Waals surface area contributed by atoms with Crippen LogP contribution in [0, 0.1) is 0 Å². The summed E-state index contributed by atoms with van der Waals surface area (Å²) in [6.45, 7) is 2.12. The summed E-state index contributed by atoms with van der Waals surface area (Å²) in [5.41, 5.74) is 2.33. The number of carbonyl (C=O) groups excluding carboxylic acids is 1. The molecule has 1 aromatic carbocycles. The number of nitrogens with zero attached hydrogens (tertiary/aromatic N) is 2. The van der Waals surface area contributed by atoms with Crippen molar-refractivity contribution in [1.29, 1.82) is 0 Å². The van der Waals surface area contributed by atoms with E-state index in [9.17, 15) is 4.79 Å². The summed E-state index contributed by atoms with van der Waals surface area (Å²) in [5, 5.41) is 0.870. The highest BCUT2D eigenvalue weighted by Crippen LogP contribution is 2.31. The number of aryl methyl sites for hydroxylation is 1. The topological polar surface area (TPSA) is 33.2 Å². The van der Waals surface area contributed by atoms with Gasteiger partial charge in [-0.2, -0.15) is 0 Å². The number of rotatable bonds is 3. The summed E-state index contributed by atoms with van der Waals surface area (Å²) in [6.07, 6.45) is 3.82. The Labute approximate surface area is 143 Å². The first-order valence-corrected chi connectivity index (χ1v) is 9.07. The molecule has 2 aromatic rings. The first kappa shape index (κ1) is 15.6. The summed E-state index contributed by atoms with van der Waals surface area (Å²) < 4.78 is 0.946. The number of halogens is 1. The normalized spacial score (nSPS) is 17.2. The predicted octanol–water partition coefficient (Wildman–Crippen LogP) is 4.30. The van der Waals surface area contributed by atoms with E-state index >= 15 is 0 Å². The van der Waals surface area contributed by atoms with Gasteiger partial charge in [-0.05, 0) is 59.5 Å². The molecule has 1 atom stereocenters. The van der Waals surface area contributed by atoms with E-state index in [1.807, 2.05) is 35.2 Å². The van der Waals surface area contributed by atoms with Crippen LogP contribution in [0.1, 0.15) is 18.9 Å². The molecule has 114 valence electrons. The maximum absolute atomic E-state index is 12.7. The van der Waals surface area contributed by atoms with Gasteiger partial charge in [0.15, 0.2) is 0 Å². The molecule has 1 aliphatic rings. The second-order valence-corrected chi connectivity index (χ2v) is 7.29. The number of benzene rings is 1. The molecule has 0 radical (unpaired) electrons. The zero-order valence-corrected chi connectivity index (χ0v) is 14.7. The first-order valence-electron chi connectivity index (χ1n) is 7.29. The van der Waals surface area contributed by atoms with Crippen molar-refractivity contribution in [1.82, 2.24) is 4.98 Å². The lowest BCUT2D eigenvalue weighted by Gasteiger charge is -2.35. The highest BCUT2D eigenvalue weighted by atomic mass is 79.9. The van der Waals surface area contributed by atoms with Crippen LogP contribution in [0.4, 0.5) is 5.69 Å². The molecular formula is C17H17BrN2OS. The molecule has 1 aromatic heterocycles. The van der Waals surface area contributed by atoms with Crippen LogP contribution in [-0.4, -0.2) is 22.7 Å². The van der Waals surface area contributed by atoms with Crippen molar-refractivity contribution in [2.45, 2.75) is 30.8 Å². The van der Waals surface area contributed by atoms with E-state index in [-0.39, 0.29) is 11.9 Å². The summed E-state index contributed by atoms with van der Waals surface area (Å²) >= 11 is 4.85. The van der Waals surface area contributed by atoms with E-state index < -0.39 is 0 Å². The second kappa shape index (κ2) is 6.84. The maximum Gasteiger partial charge on any atom is 0.237 e.